The van der Waals surface area contributed by atoms with E-state index in [1.165, 1.54) is 31.9 Å². The molecule has 4 aromatic carbocycles. The van der Waals surface area contributed by atoms with E-state index in [2.05, 4.69) is 119 Å². The maximum absolute atomic E-state index is 6.62. The number of ether oxygens (including phenoxy) is 1. The number of para-hydroxylation sites is 1. The maximum atomic E-state index is 6.62. The summed E-state index contributed by atoms with van der Waals surface area (Å²) in [5.41, 5.74) is 2.89. The lowest BCUT2D eigenvalue weighted by molar-refractivity contribution is 0.00578. The van der Waals surface area contributed by atoms with Gasteiger partial charge in [-0.25, -0.2) is 0 Å². The summed E-state index contributed by atoms with van der Waals surface area (Å²) in [6.45, 7) is 8.36. The van der Waals surface area contributed by atoms with Crippen molar-refractivity contribution in [1.82, 2.24) is 0 Å². The second-order valence-electron chi connectivity index (χ2n) is 10.8. The van der Waals surface area contributed by atoms with Crippen molar-refractivity contribution in [3.63, 3.8) is 0 Å². The lowest BCUT2D eigenvalue weighted by Crippen LogP contribution is -2.74. The highest BCUT2D eigenvalue weighted by atomic mass is 28.3. The smallest absolute Gasteiger partial charge is 0.458 e. The summed E-state index contributed by atoms with van der Waals surface area (Å²) in [5, 5.41) is 5.46. The molecule has 1 spiro atoms. The Bertz CT molecular complexity index is 1450. The molecule has 0 amide bonds. The van der Waals surface area contributed by atoms with Crippen molar-refractivity contribution in [2.45, 2.75) is 38.9 Å². The highest BCUT2D eigenvalue weighted by molar-refractivity contribution is 7.23. The van der Waals surface area contributed by atoms with Crippen molar-refractivity contribution in [3.05, 3.63) is 91.0 Å². The fourth-order valence-corrected chi connectivity index (χ4v) is 11.4. The van der Waals surface area contributed by atoms with Crippen LogP contribution in [-0.4, -0.2) is 26.4 Å². The third kappa shape index (κ3) is 2.69. The largest absolute Gasteiger partial charge is 0.494 e. The van der Waals surface area contributed by atoms with Gasteiger partial charge in [-0.1, -0.05) is 78.9 Å². The van der Waals surface area contributed by atoms with Gasteiger partial charge in [0, 0.05) is 0 Å². The normalized spacial score (nSPS) is 19.5. The van der Waals surface area contributed by atoms with Gasteiger partial charge in [0.15, 0.2) is 8.07 Å². The molecule has 0 saturated carbocycles. The fraction of sp³-hybridized carbons (Fsp3) is 0.200. The predicted molar refractivity (Wildman–Crippen MR) is 145 cm³/mol. The van der Waals surface area contributed by atoms with Crippen LogP contribution in [0.25, 0.3) is 11.1 Å². The Morgan fingerprint density at radius 2 is 1.09 bits per heavy atom. The molecule has 172 valence electrons. The lowest BCUT2D eigenvalue weighted by Gasteiger charge is -2.37. The number of hydrogen-bond donors (Lipinski definition) is 0. The van der Waals surface area contributed by atoms with Gasteiger partial charge in [-0.3, -0.25) is 0 Å². The van der Waals surface area contributed by atoms with E-state index in [4.69, 9.17) is 14.0 Å². The first-order valence-electron chi connectivity index (χ1n) is 12.3. The Morgan fingerprint density at radius 3 is 1.71 bits per heavy atom. The molecular weight excluding hydrogens is 447 g/mol. The summed E-state index contributed by atoms with van der Waals surface area (Å²) in [4.78, 5) is 0. The number of fused-ring (bicyclic) bond motifs is 9. The van der Waals surface area contributed by atoms with Crippen LogP contribution < -0.4 is 30.9 Å². The molecule has 0 aliphatic carbocycles. The lowest BCUT2D eigenvalue weighted by atomic mass is 9.79. The van der Waals surface area contributed by atoms with Crippen LogP contribution in [0, 0.1) is 0 Å². The average Bonchev–Trinajstić information content (AvgIpc) is 3.27. The number of hydrogen-bond acceptors (Lipinski definition) is 3. The third-order valence-corrected chi connectivity index (χ3v) is 13.3. The Labute approximate surface area is 207 Å². The van der Waals surface area contributed by atoms with Gasteiger partial charge in [0.2, 0.25) is 0 Å². The fourth-order valence-electron chi connectivity index (χ4n) is 6.00. The molecule has 3 nitrogen and oxygen atoms in total. The minimum absolute atomic E-state index is 0.389. The predicted octanol–water partition coefficient (Wildman–Crippen LogP) is 3.45. The molecular formula is C30H27BO3Si. The standard InChI is InChI=1S/C30H27BO3Si/c1-29(2)30(3,4)34-31(33-29)20-17-18-28-24(19-20)32-23-13-7-10-16-27(23)35(28)25-14-8-5-11-21(25)22-12-6-9-15-26(22)35/h5-19H,1-4H3. The van der Waals surface area contributed by atoms with E-state index < -0.39 is 15.2 Å². The van der Waals surface area contributed by atoms with E-state index in [0.717, 1.165) is 17.0 Å². The van der Waals surface area contributed by atoms with E-state index in [1.807, 2.05) is 0 Å². The molecule has 3 aliphatic heterocycles. The number of rotatable bonds is 1. The minimum atomic E-state index is -2.53. The van der Waals surface area contributed by atoms with Gasteiger partial charge >= 0.3 is 7.12 Å². The van der Waals surface area contributed by atoms with E-state index in [0.29, 0.717) is 0 Å². The van der Waals surface area contributed by atoms with Crippen molar-refractivity contribution in [2.24, 2.45) is 0 Å². The first-order chi connectivity index (χ1) is 16.8. The van der Waals surface area contributed by atoms with Gasteiger partial charge < -0.3 is 14.0 Å². The highest BCUT2D eigenvalue weighted by Crippen LogP contribution is 2.38. The topological polar surface area (TPSA) is 27.7 Å². The zero-order valence-electron chi connectivity index (χ0n) is 20.5. The maximum Gasteiger partial charge on any atom is 0.494 e. The Kier molecular flexibility index (Phi) is 4.22. The Hall–Kier alpha value is -3.12. The number of benzene rings is 4. The molecule has 0 radical (unpaired) electrons. The molecule has 3 heterocycles. The molecule has 1 saturated heterocycles. The van der Waals surface area contributed by atoms with Crippen molar-refractivity contribution >= 4 is 41.4 Å². The second kappa shape index (κ2) is 6.97. The Morgan fingerprint density at radius 1 is 0.571 bits per heavy atom. The van der Waals surface area contributed by atoms with E-state index in [-0.39, 0.29) is 11.2 Å². The van der Waals surface area contributed by atoms with Crippen molar-refractivity contribution < 1.29 is 14.0 Å². The van der Waals surface area contributed by atoms with Gasteiger partial charge in [-0.15, -0.1) is 0 Å². The van der Waals surface area contributed by atoms with Crippen LogP contribution in [0.2, 0.25) is 0 Å². The quantitative estimate of drug-likeness (QED) is 0.342. The molecule has 5 heteroatoms. The van der Waals surface area contributed by atoms with E-state index >= 15 is 0 Å². The zero-order chi connectivity index (χ0) is 24.0. The summed E-state index contributed by atoms with van der Waals surface area (Å²) < 4.78 is 19.4. The van der Waals surface area contributed by atoms with Crippen LogP contribution in [0.1, 0.15) is 27.7 Å². The molecule has 0 aromatic heterocycles. The molecule has 0 bridgehead atoms. The van der Waals surface area contributed by atoms with Crippen molar-refractivity contribution in [1.29, 1.82) is 0 Å². The highest BCUT2D eigenvalue weighted by Gasteiger charge is 2.55. The summed E-state index contributed by atoms with van der Waals surface area (Å²) in [5.74, 6) is 1.86. The van der Waals surface area contributed by atoms with Gasteiger partial charge in [0.25, 0.3) is 0 Å². The van der Waals surface area contributed by atoms with Gasteiger partial charge in [0.1, 0.15) is 11.5 Å². The van der Waals surface area contributed by atoms with Crippen LogP contribution in [-0.2, 0) is 9.31 Å². The monoisotopic (exact) mass is 474 g/mol. The Balaban J connectivity index is 1.49. The molecule has 0 N–H and O–H groups in total. The van der Waals surface area contributed by atoms with Gasteiger partial charge in [0.05, 0.1) is 11.2 Å². The molecule has 35 heavy (non-hydrogen) atoms. The second-order valence-corrected chi connectivity index (χ2v) is 14.4. The van der Waals surface area contributed by atoms with Crippen LogP contribution in [0.4, 0.5) is 0 Å². The van der Waals surface area contributed by atoms with Crippen molar-refractivity contribution in [3.8, 4) is 22.6 Å². The first-order valence-corrected chi connectivity index (χ1v) is 14.3. The molecule has 0 unspecified atom stereocenters. The SMILES string of the molecule is CC1(C)OB(c2ccc3c(c2)Oc2ccccc2[Si]32c3ccccc3-c3ccccc32)OC1(C)C. The van der Waals surface area contributed by atoms with Gasteiger partial charge in [-0.2, -0.15) is 0 Å². The van der Waals surface area contributed by atoms with Crippen LogP contribution in [0.15, 0.2) is 91.0 Å². The molecule has 4 aromatic rings. The van der Waals surface area contributed by atoms with Crippen LogP contribution in [0.3, 0.4) is 0 Å². The minimum Gasteiger partial charge on any atom is -0.458 e. The van der Waals surface area contributed by atoms with E-state index in [9.17, 15) is 0 Å². The van der Waals surface area contributed by atoms with Crippen LogP contribution >= 0.6 is 0 Å². The average molecular weight is 474 g/mol. The van der Waals surface area contributed by atoms with Gasteiger partial charge in [-0.05, 0) is 77.2 Å². The summed E-state index contributed by atoms with van der Waals surface area (Å²) >= 11 is 0. The summed E-state index contributed by atoms with van der Waals surface area (Å²) in [7, 11) is -2.95. The third-order valence-electron chi connectivity index (χ3n) is 8.40. The van der Waals surface area contributed by atoms with Crippen LogP contribution in [0.5, 0.6) is 11.5 Å². The molecule has 3 aliphatic rings. The van der Waals surface area contributed by atoms with E-state index in [1.54, 1.807) is 0 Å². The molecule has 1 fully saturated rings. The molecule has 7 rings (SSSR count). The summed E-state index contributed by atoms with van der Waals surface area (Å²) in [6, 6.07) is 33.0. The zero-order valence-corrected chi connectivity index (χ0v) is 21.5. The first kappa shape index (κ1) is 21.2. The summed E-state index contributed by atoms with van der Waals surface area (Å²) in [6.07, 6.45) is 0. The van der Waals surface area contributed by atoms with Crippen molar-refractivity contribution in [2.75, 3.05) is 0 Å². The molecule has 0 atom stereocenters.